The number of hydrogen-bond acceptors (Lipinski definition) is 5. The van der Waals surface area contributed by atoms with Gasteiger partial charge in [-0.05, 0) is 12.1 Å². The Morgan fingerprint density at radius 2 is 2.42 bits per heavy atom. The maximum atomic E-state index is 11.8. The first-order chi connectivity index (χ1) is 9.29. The summed E-state index contributed by atoms with van der Waals surface area (Å²) in [6, 6.07) is 3.52. The van der Waals surface area contributed by atoms with Crippen molar-refractivity contribution in [3.05, 3.63) is 34.0 Å². The Kier molecular flexibility index (Phi) is 4.66. The topological polar surface area (TPSA) is 90.9 Å². The molecule has 0 aliphatic heterocycles. The molecule has 0 unspecified atom stereocenters. The molecular formula is C12H12N4O2S. The van der Waals surface area contributed by atoms with Crippen LogP contribution in [0, 0.1) is 11.8 Å². The van der Waals surface area contributed by atoms with Gasteiger partial charge in [-0.3, -0.25) is 9.89 Å². The van der Waals surface area contributed by atoms with Gasteiger partial charge in [0.05, 0.1) is 22.9 Å². The Hall–Kier alpha value is -2.17. The molecule has 0 saturated carbocycles. The van der Waals surface area contributed by atoms with Crippen LogP contribution >= 0.6 is 11.3 Å². The maximum Gasteiger partial charge on any atom is 0.261 e. The molecule has 19 heavy (non-hydrogen) atoms. The number of hydrogen-bond donors (Lipinski definition) is 3. The van der Waals surface area contributed by atoms with Crippen LogP contribution in [0.15, 0.2) is 18.5 Å². The lowest BCUT2D eigenvalue weighted by atomic mass is 10.4. The van der Waals surface area contributed by atoms with Crippen molar-refractivity contribution in [1.82, 2.24) is 20.5 Å². The zero-order valence-electron chi connectivity index (χ0n) is 10.0. The molecule has 2 aromatic rings. The van der Waals surface area contributed by atoms with E-state index in [0.29, 0.717) is 23.7 Å². The summed E-state index contributed by atoms with van der Waals surface area (Å²) in [4.78, 5) is 17.1. The number of nitrogens with one attached hydrogen (secondary N) is 2. The highest BCUT2D eigenvalue weighted by Crippen LogP contribution is 2.15. The number of carbonyl (C=O) groups excluding carboxylic acids is 1. The molecule has 0 fully saturated rings. The number of carbonyl (C=O) groups is 1. The molecule has 0 bridgehead atoms. The standard InChI is InChI=1S/C12H12N4O2S/c17-6-2-1-3-9-4-5-10(19-9)12(18)13-7-11-14-8-15-16-11/h4-5,8,17H,2,6-7H2,(H,13,18)(H,14,15,16). The van der Waals surface area contributed by atoms with E-state index in [-0.39, 0.29) is 12.5 Å². The average molecular weight is 276 g/mol. The van der Waals surface area contributed by atoms with Crippen LogP contribution in [-0.2, 0) is 6.54 Å². The van der Waals surface area contributed by atoms with E-state index < -0.39 is 0 Å². The van der Waals surface area contributed by atoms with Crippen molar-refractivity contribution in [3.8, 4) is 11.8 Å². The first-order valence-corrected chi connectivity index (χ1v) is 6.43. The molecule has 2 rings (SSSR count). The number of amides is 1. The lowest BCUT2D eigenvalue weighted by Crippen LogP contribution is -2.22. The minimum absolute atomic E-state index is 0.0445. The van der Waals surface area contributed by atoms with Crippen molar-refractivity contribution in [2.24, 2.45) is 0 Å². The summed E-state index contributed by atoms with van der Waals surface area (Å²) in [6.07, 6.45) is 1.83. The fourth-order valence-corrected chi connectivity index (χ4v) is 2.10. The van der Waals surface area contributed by atoms with Crippen molar-refractivity contribution in [2.45, 2.75) is 13.0 Å². The van der Waals surface area contributed by atoms with Crippen LogP contribution in [0.4, 0.5) is 0 Å². The predicted octanol–water partition coefficient (Wildman–Crippen LogP) is 0.530. The highest BCUT2D eigenvalue weighted by molar-refractivity contribution is 7.14. The number of aromatic nitrogens is 3. The minimum atomic E-state index is -0.170. The third-order valence-corrected chi connectivity index (χ3v) is 3.16. The average Bonchev–Trinajstić information content (AvgIpc) is 3.07. The van der Waals surface area contributed by atoms with E-state index in [2.05, 4.69) is 32.3 Å². The van der Waals surface area contributed by atoms with Gasteiger partial charge in [0, 0.05) is 6.42 Å². The fourth-order valence-electron chi connectivity index (χ4n) is 1.30. The largest absolute Gasteiger partial charge is 0.395 e. The minimum Gasteiger partial charge on any atom is -0.395 e. The van der Waals surface area contributed by atoms with Crippen LogP contribution in [0.3, 0.4) is 0 Å². The van der Waals surface area contributed by atoms with Gasteiger partial charge < -0.3 is 10.4 Å². The molecule has 98 valence electrons. The Bertz CT molecular complexity index is 595. The number of aliphatic hydroxyl groups excluding tert-OH is 1. The Balaban J connectivity index is 1.91. The number of aromatic amines is 1. The summed E-state index contributed by atoms with van der Waals surface area (Å²) in [7, 11) is 0. The van der Waals surface area contributed by atoms with Crippen molar-refractivity contribution >= 4 is 17.2 Å². The molecule has 0 radical (unpaired) electrons. The number of H-pyrrole nitrogens is 1. The second-order valence-corrected chi connectivity index (χ2v) is 4.64. The van der Waals surface area contributed by atoms with Gasteiger partial charge in [-0.2, -0.15) is 5.10 Å². The molecule has 7 heteroatoms. The number of rotatable bonds is 4. The van der Waals surface area contributed by atoms with Gasteiger partial charge in [0.1, 0.15) is 12.2 Å². The Labute approximate surface area is 113 Å². The quantitative estimate of drug-likeness (QED) is 0.710. The molecule has 0 aromatic carbocycles. The first-order valence-electron chi connectivity index (χ1n) is 5.61. The van der Waals surface area contributed by atoms with Gasteiger partial charge >= 0.3 is 0 Å². The molecule has 0 saturated heterocycles. The first kappa shape index (κ1) is 13.3. The van der Waals surface area contributed by atoms with Crippen molar-refractivity contribution in [2.75, 3.05) is 6.61 Å². The molecule has 6 nitrogen and oxygen atoms in total. The molecule has 3 N–H and O–H groups in total. The SMILES string of the molecule is O=C(NCc1ncn[nH]1)c1ccc(C#CCCO)s1. The molecule has 0 aliphatic rings. The zero-order valence-corrected chi connectivity index (χ0v) is 10.8. The lowest BCUT2D eigenvalue weighted by Gasteiger charge is -1.99. The molecule has 0 spiro atoms. The monoisotopic (exact) mass is 276 g/mol. The van der Waals surface area contributed by atoms with Crippen LogP contribution in [0.2, 0.25) is 0 Å². The van der Waals surface area contributed by atoms with Crippen LogP contribution in [0.5, 0.6) is 0 Å². The number of nitrogens with zero attached hydrogens (tertiary/aromatic N) is 2. The lowest BCUT2D eigenvalue weighted by molar-refractivity contribution is 0.0954. The number of thiophene rings is 1. The van der Waals surface area contributed by atoms with Gasteiger partial charge in [0.15, 0.2) is 0 Å². The van der Waals surface area contributed by atoms with Gasteiger partial charge in [0.2, 0.25) is 0 Å². The fraction of sp³-hybridized carbons (Fsp3) is 0.250. The zero-order chi connectivity index (χ0) is 13.5. The summed E-state index contributed by atoms with van der Waals surface area (Å²) in [5.74, 6) is 6.14. The Morgan fingerprint density at radius 1 is 1.53 bits per heavy atom. The van der Waals surface area contributed by atoms with Gasteiger partial charge in [-0.15, -0.1) is 11.3 Å². The van der Waals surface area contributed by atoms with E-state index in [0.717, 1.165) is 4.88 Å². The van der Waals surface area contributed by atoms with E-state index >= 15 is 0 Å². The van der Waals surface area contributed by atoms with E-state index in [1.54, 1.807) is 12.1 Å². The maximum absolute atomic E-state index is 11.8. The van der Waals surface area contributed by atoms with E-state index in [1.165, 1.54) is 17.7 Å². The summed E-state index contributed by atoms with van der Waals surface area (Å²) in [5, 5.41) is 17.7. The molecule has 0 aliphatic carbocycles. The van der Waals surface area contributed by atoms with Crippen molar-refractivity contribution < 1.29 is 9.90 Å². The molecule has 1 amide bonds. The van der Waals surface area contributed by atoms with Gasteiger partial charge in [-0.1, -0.05) is 11.8 Å². The third kappa shape index (κ3) is 3.91. The molecule has 0 atom stereocenters. The van der Waals surface area contributed by atoms with Crippen LogP contribution in [0.1, 0.15) is 26.8 Å². The predicted molar refractivity (Wildman–Crippen MR) is 70.5 cm³/mol. The molecule has 2 aromatic heterocycles. The van der Waals surface area contributed by atoms with Crippen molar-refractivity contribution in [1.29, 1.82) is 0 Å². The van der Waals surface area contributed by atoms with Gasteiger partial charge in [-0.25, -0.2) is 4.98 Å². The Morgan fingerprint density at radius 3 is 3.16 bits per heavy atom. The number of aliphatic hydroxyl groups is 1. The van der Waals surface area contributed by atoms with E-state index in [9.17, 15) is 4.79 Å². The molecular weight excluding hydrogens is 264 g/mol. The summed E-state index contributed by atoms with van der Waals surface area (Å²) >= 11 is 1.32. The summed E-state index contributed by atoms with van der Waals surface area (Å²) in [6.45, 7) is 0.352. The highest BCUT2D eigenvalue weighted by atomic mass is 32.1. The van der Waals surface area contributed by atoms with Crippen LogP contribution in [0.25, 0.3) is 0 Å². The highest BCUT2D eigenvalue weighted by Gasteiger charge is 2.08. The van der Waals surface area contributed by atoms with Crippen molar-refractivity contribution in [3.63, 3.8) is 0 Å². The van der Waals surface area contributed by atoms with E-state index in [4.69, 9.17) is 5.11 Å². The van der Waals surface area contributed by atoms with E-state index in [1.807, 2.05) is 0 Å². The second kappa shape index (κ2) is 6.68. The van der Waals surface area contributed by atoms with Gasteiger partial charge in [0.25, 0.3) is 5.91 Å². The molecule has 2 heterocycles. The second-order valence-electron chi connectivity index (χ2n) is 3.55. The third-order valence-electron chi connectivity index (χ3n) is 2.16. The summed E-state index contributed by atoms with van der Waals surface area (Å²) < 4.78 is 0. The van der Waals surface area contributed by atoms with Crippen LogP contribution < -0.4 is 5.32 Å². The summed E-state index contributed by atoms with van der Waals surface area (Å²) in [5.41, 5.74) is 0. The smallest absolute Gasteiger partial charge is 0.261 e. The van der Waals surface area contributed by atoms with Crippen LogP contribution in [-0.4, -0.2) is 32.8 Å². The normalized spacial score (nSPS) is 9.74.